The SMILES string of the molecule is COc1cc(C(C)(C)C)c(C)cc1CN1CCCC[C@@H]1C(C)=O. The van der Waals surface area contributed by atoms with Gasteiger partial charge in [0.05, 0.1) is 13.2 Å². The molecule has 1 atom stereocenters. The number of hydrogen-bond donors (Lipinski definition) is 0. The maximum Gasteiger partial charge on any atom is 0.146 e. The Bertz CT molecular complexity index is 572. The first-order chi connectivity index (χ1) is 10.7. The molecule has 3 nitrogen and oxygen atoms in total. The molecule has 0 unspecified atom stereocenters. The first kappa shape index (κ1) is 18.0. The smallest absolute Gasteiger partial charge is 0.146 e. The molecule has 0 radical (unpaired) electrons. The predicted octanol–water partition coefficient (Wildman–Crippen LogP) is 4.24. The van der Waals surface area contributed by atoms with Gasteiger partial charge in [0.2, 0.25) is 0 Å². The van der Waals surface area contributed by atoms with Gasteiger partial charge in [-0.25, -0.2) is 0 Å². The van der Waals surface area contributed by atoms with Crippen LogP contribution in [0.1, 0.15) is 63.6 Å². The molecule has 0 bridgehead atoms. The van der Waals surface area contributed by atoms with Gasteiger partial charge in [0, 0.05) is 12.1 Å². The van der Waals surface area contributed by atoms with Crippen LogP contribution in [0, 0.1) is 6.92 Å². The van der Waals surface area contributed by atoms with Gasteiger partial charge in [0.1, 0.15) is 11.5 Å². The average molecular weight is 317 g/mol. The molecule has 0 N–H and O–H groups in total. The number of piperidine rings is 1. The zero-order valence-corrected chi connectivity index (χ0v) is 15.5. The zero-order valence-electron chi connectivity index (χ0n) is 15.5. The summed E-state index contributed by atoms with van der Waals surface area (Å²) in [5.74, 6) is 1.22. The maximum absolute atomic E-state index is 11.9. The molecule has 1 aromatic carbocycles. The van der Waals surface area contributed by atoms with Crippen LogP contribution < -0.4 is 4.74 Å². The summed E-state index contributed by atoms with van der Waals surface area (Å²) in [6.07, 6.45) is 3.31. The quantitative estimate of drug-likeness (QED) is 0.831. The standard InChI is InChI=1S/C20H31NO2/c1-14-11-16(19(23-6)12-17(14)20(3,4)5)13-21-10-8-7-9-18(21)15(2)22/h11-12,18H,7-10,13H2,1-6H3/t18-/m1/s1. The molecule has 1 aromatic rings. The monoisotopic (exact) mass is 317 g/mol. The van der Waals surface area contributed by atoms with Crippen LogP contribution in [0.5, 0.6) is 5.75 Å². The second-order valence-electron chi connectivity index (χ2n) is 7.82. The Morgan fingerprint density at radius 3 is 2.57 bits per heavy atom. The Hall–Kier alpha value is -1.35. The fraction of sp³-hybridized carbons (Fsp3) is 0.650. The third-order valence-electron chi connectivity index (χ3n) is 4.89. The van der Waals surface area contributed by atoms with E-state index in [0.29, 0.717) is 0 Å². The molecule has 1 fully saturated rings. The summed E-state index contributed by atoms with van der Waals surface area (Å²) in [6.45, 7) is 12.4. The van der Waals surface area contributed by atoms with Crippen molar-refractivity contribution in [1.29, 1.82) is 0 Å². The van der Waals surface area contributed by atoms with Crippen molar-refractivity contribution in [3.63, 3.8) is 0 Å². The molecule has 128 valence electrons. The molecule has 1 saturated heterocycles. The lowest BCUT2D eigenvalue weighted by Gasteiger charge is -2.34. The number of methoxy groups -OCH3 is 1. The lowest BCUT2D eigenvalue weighted by atomic mass is 9.83. The van der Waals surface area contributed by atoms with Gasteiger partial charge in [-0.05, 0) is 55.8 Å². The van der Waals surface area contributed by atoms with Gasteiger partial charge in [-0.1, -0.05) is 33.3 Å². The van der Waals surface area contributed by atoms with E-state index in [1.54, 1.807) is 14.0 Å². The minimum absolute atomic E-state index is 0.0658. The Labute approximate surface area is 141 Å². The second kappa shape index (κ2) is 7.04. The van der Waals surface area contributed by atoms with Crippen LogP contribution in [-0.2, 0) is 16.8 Å². The van der Waals surface area contributed by atoms with Gasteiger partial charge in [0.15, 0.2) is 0 Å². The average Bonchev–Trinajstić information content (AvgIpc) is 2.46. The second-order valence-corrected chi connectivity index (χ2v) is 7.82. The molecule has 23 heavy (non-hydrogen) atoms. The van der Waals surface area contributed by atoms with Crippen molar-refractivity contribution in [2.75, 3.05) is 13.7 Å². The highest BCUT2D eigenvalue weighted by atomic mass is 16.5. The number of nitrogens with zero attached hydrogens (tertiary/aromatic N) is 1. The summed E-state index contributed by atoms with van der Waals surface area (Å²) in [7, 11) is 1.74. The van der Waals surface area contributed by atoms with Crippen LogP contribution in [-0.4, -0.2) is 30.4 Å². The molecule has 0 saturated carbocycles. The highest BCUT2D eigenvalue weighted by Gasteiger charge is 2.27. The summed E-state index contributed by atoms with van der Waals surface area (Å²) in [5, 5.41) is 0. The van der Waals surface area contributed by atoms with Crippen molar-refractivity contribution in [2.45, 2.75) is 71.9 Å². The number of carbonyl (C=O) groups is 1. The number of aryl methyl sites for hydroxylation is 1. The van der Waals surface area contributed by atoms with Crippen molar-refractivity contribution in [1.82, 2.24) is 4.90 Å². The number of carbonyl (C=O) groups excluding carboxylic acids is 1. The van der Waals surface area contributed by atoms with Crippen LogP contribution in [0.25, 0.3) is 0 Å². The van der Waals surface area contributed by atoms with Gasteiger partial charge >= 0.3 is 0 Å². The Kier molecular flexibility index (Phi) is 5.51. The van der Waals surface area contributed by atoms with E-state index in [0.717, 1.165) is 31.7 Å². The molecule has 2 rings (SSSR count). The molecule has 1 heterocycles. The summed E-state index contributed by atoms with van der Waals surface area (Å²) < 4.78 is 5.66. The van der Waals surface area contributed by atoms with E-state index >= 15 is 0 Å². The van der Waals surface area contributed by atoms with Gasteiger partial charge in [-0.15, -0.1) is 0 Å². The summed E-state index contributed by atoms with van der Waals surface area (Å²) in [4.78, 5) is 14.3. The summed E-state index contributed by atoms with van der Waals surface area (Å²) >= 11 is 0. The number of rotatable bonds is 4. The number of benzene rings is 1. The van der Waals surface area contributed by atoms with E-state index in [1.807, 2.05) is 0 Å². The number of hydrogen-bond acceptors (Lipinski definition) is 3. The third-order valence-corrected chi connectivity index (χ3v) is 4.89. The van der Waals surface area contributed by atoms with E-state index < -0.39 is 0 Å². The fourth-order valence-corrected chi connectivity index (χ4v) is 3.73. The first-order valence-corrected chi connectivity index (χ1v) is 8.66. The minimum atomic E-state index is 0.0658. The van der Waals surface area contributed by atoms with Crippen molar-refractivity contribution in [3.8, 4) is 5.75 Å². The molecule has 0 spiro atoms. The van der Waals surface area contributed by atoms with E-state index in [2.05, 4.69) is 44.7 Å². The van der Waals surface area contributed by atoms with E-state index in [4.69, 9.17) is 4.74 Å². The molecule has 0 aromatic heterocycles. The molecule has 0 aliphatic carbocycles. The van der Waals surface area contributed by atoms with Crippen molar-refractivity contribution in [3.05, 3.63) is 28.8 Å². The topological polar surface area (TPSA) is 29.5 Å². The van der Waals surface area contributed by atoms with Crippen molar-refractivity contribution in [2.24, 2.45) is 0 Å². The number of likely N-dealkylation sites (tertiary alicyclic amines) is 1. The van der Waals surface area contributed by atoms with Gasteiger partial charge in [-0.2, -0.15) is 0 Å². The third kappa shape index (κ3) is 4.14. The highest BCUT2D eigenvalue weighted by molar-refractivity contribution is 5.81. The number of ether oxygens (including phenoxy) is 1. The number of ketones is 1. The van der Waals surface area contributed by atoms with Crippen LogP contribution in [0.4, 0.5) is 0 Å². The fourth-order valence-electron chi connectivity index (χ4n) is 3.73. The van der Waals surface area contributed by atoms with E-state index in [1.165, 1.54) is 23.1 Å². The maximum atomic E-state index is 11.9. The van der Waals surface area contributed by atoms with Crippen LogP contribution in [0.2, 0.25) is 0 Å². The summed E-state index contributed by atoms with van der Waals surface area (Å²) in [6, 6.07) is 4.49. The van der Waals surface area contributed by atoms with E-state index in [9.17, 15) is 4.79 Å². The first-order valence-electron chi connectivity index (χ1n) is 8.66. The molecule has 1 aliphatic rings. The highest BCUT2D eigenvalue weighted by Crippen LogP contribution is 2.33. The Morgan fingerprint density at radius 1 is 1.30 bits per heavy atom. The Balaban J connectivity index is 2.32. The molecule has 3 heteroatoms. The van der Waals surface area contributed by atoms with Crippen molar-refractivity contribution >= 4 is 5.78 Å². The Morgan fingerprint density at radius 2 is 2.00 bits per heavy atom. The van der Waals surface area contributed by atoms with Gasteiger partial charge < -0.3 is 4.74 Å². The largest absolute Gasteiger partial charge is 0.496 e. The summed E-state index contributed by atoms with van der Waals surface area (Å²) in [5.41, 5.74) is 3.90. The number of Topliss-reactive ketones (excluding diaryl/α,β-unsaturated/α-hetero) is 1. The van der Waals surface area contributed by atoms with Gasteiger partial charge in [0.25, 0.3) is 0 Å². The molecule has 0 amide bonds. The van der Waals surface area contributed by atoms with E-state index in [-0.39, 0.29) is 17.2 Å². The zero-order chi connectivity index (χ0) is 17.2. The molecular weight excluding hydrogens is 286 g/mol. The van der Waals surface area contributed by atoms with Crippen LogP contribution in [0.3, 0.4) is 0 Å². The van der Waals surface area contributed by atoms with Gasteiger partial charge in [-0.3, -0.25) is 9.69 Å². The van der Waals surface area contributed by atoms with Crippen molar-refractivity contribution < 1.29 is 9.53 Å². The predicted molar refractivity (Wildman–Crippen MR) is 95.2 cm³/mol. The van der Waals surface area contributed by atoms with Crippen LogP contribution >= 0.6 is 0 Å². The lowest BCUT2D eigenvalue weighted by molar-refractivity contribution is -0.123. The minimum Gasteiger partial charge on any atom is -0.496 e. The lowest BCUT2D eigenvalue weighted by Crippen LogP contribution is -2.43. The molecular formula is C20H31NO2. The van der Waals surface area contributed by atoms with Crippen LogP contribution in [0.15, 0.2) is 12.1 Å². The molecule has 1 aliphatic heterocycles. The normalized spacial score (nSPS) is 19.7.